The molecule has 1 heterocycles. The summed E-state index contributed by atoms with van der Waals surface area (Å²) in [7, 11) is 2.14. The summed E-state index contributed by atoms with van der Waals surface area (Å²) in [5.41, 5.74) is -0.158. The second-order valence-corrected chi connectivity index (χ2v) is 5.64. The van der Waals surface area contributed by atoms with Gasteiger partial charge in [0.25, 0.3) is 0 Å². The van der Waals surface area contributed by atoms with E-state index >= 15 is 0 Å². The second kappa shape index (κ2) is 4.58. The molecule has 17 heavy (non-hydrogen) atoms. The second-order valence-electron chi connectivity index (χ2n) is 5.64. The van der Waals surface area contributed by atoms with E-state index in [0.29, 0.717) is 11.9 Å². The molecular weight excluding hydrogens is 214 g/mol. The van der Waals surface area contributed by atoms with Crippen molar-refractivity contribution in [3.8, 4) is 0 Å². The number of hydrogen-bond donors (Lipinski definition) is 1. The standard InChI is InChI=1S/C13H25N3O/c1-5-10(2)15(4)8-9-16-11(3)14-13(6-7-13)12(16)17/h10-11,14H,5-9H2,1-4H3. The van der Waals surface area contributed by atoms with Crippen molar-refractivity contribution < 1.29 is 4.79 Å². The molecule has 0 aromatic carbocycles. The molecule has 0 radical (unpaired) electrons. The Morgan fingerprint density at radius 2 is 2.24 bits per heavy atom. The van der Waals surface area contributed by atoms with E-state index in [-0.39, 0.29) is 11.7 Å². The first kappa shape index (κ1) is 12.8. The summed E-state index contributed by atoms with van der Waals surface area (Å²) in [5.74, 6) is 0.322. The molecule has 2 rings (SSSR count). The lowest BCUT2D eigenvalue weighted by atomic mass is 10.2. The average molecular weight is 239 g/mol. The van der Waals surface area contributed by atoms with Crippen molar-refractivity contribution in [1.29, 1.82) is 0 Å². The van der Waals surface area contributed by atoms with Crippen molar-refractivity contribution >= 4 is 5.91 Å². The number of amides is 1. The van der Waals surface area contributed by atoms with E-state index in [2.05, 4.69) is 38.0 Å². The predicted molar refractivity (Wildman–Crippen MR) is 68.7 cm³/mol. The Labute approximate surface area is 104 Å². The van der Waals surface area contributed by atoms with Crippen LogP contribution in [0.2, 0.25) is 0 Å². The van der Waals surface area contributed by atoms with Crippen LogP contribution in [0.4, 0.5) is 0 Å². The Balaban J connectivity index is 1.85. The van der Waals surface area contributed by atoms with E-state index in [1.165, 1.54) is 0 Å². The maximum Gasteiger partial charge on any atom is 0.244 e. The summed E-state index contributed by atoms with van der Waals surface area (Å²) in [5, 5.41) is 3.43. The third kappa shape index (κ3) is 2.33. The van der Waals surface area contributed by atoms with E-state index in [4.69, 9.17) is 0 Å². The largest absolute Gasteiger partial charge is 0.325 e. The third-order valence-corrected chi connectivity index (χ3v) is 4.41. The minimum Gasteiger partial charge on any atom is -0.325 e. The molecule has 98 valence electrons. The molecular formula is C13H25N3O. The number of nitrogens with one attached hydrogen (secondary N) is 1. The molecule has 0 aromatic heterocycles. The van der Waals surface area contributed by atoms with Crippen LogP contribution < -0.4 is 5.32 Å². The zero-order valence-corrected chi connectivity index (χ0v) is 11.5. The summed E-state index contributed by atoms with van der Waals surface area (Å²) >= 11 is 0. The summed E-state index contributed by atoms with van der Waals surface area (Å²) in [6.07, 6.45) is 3.40. The molecule has 1 amide bonds. The van der Waals surface area contributed by atoms with E-state index in [1.807, 2.05) is 4.90 Å². The van der Waals surface area contributed by atoms with Crippen molar-refractivity contribution in [1.82, 2.24) is 15.1 Å². The Morgan fingerprint density at radius 1 is 1.59 bits per heavy atom. The fraction of sp³-hybridized carbons (Fsp3) is 0.923. The van der Waals surface area contributed by atoms with Gasteiger partial charge in [-0.05, 0) is 40.2 Å². The molecule has 4 nitrogen and oxygen atoms in total. The van der Waals surface area contributed by atoms with Crippen LogP contribution in [0.25, 0.3) is 0 Å². The van der Waals surface area contributed by atoms with Crippen molar-refractivity contribution in [2.24, 2.45) is 0 Å². The molecule has 2 unspecified atom stereocenters. The molecule has 1 spiro atoms. The zero-order chi connectivity index (χ0) is 12.6. The Morgan fingerprint density at radius 3 is 2.71 bits per heavy atom. The highest BCUT2D eigenvalue weighted by atomic mass is 16.2. The minimum absolute atomic E-state index is 0.158. The fourth-order valence-corrected chi connectivity index (χ4v) is 2.57. The van der Waals surface area contributed by atoms with Gasteiger partial charge in [-0.2, -0.15) is 0 Å². The molecule has 2 fully saturated rings. The monoisotopic (exact) mass is 239 g/mol. The summed E-state index contributed by atoms with van der Waals surface area (Å²) < 4.78 is 0. The van der Waals surface area contributed by atoms with Crippen molar-refractivity contribution in [3.05, 3.63) is 0 Å². The highest BCUT2D eigenvalue weighted by molar-refractivity contribution is 5.91. The van der Waals surface area contributed by atoms with Gasteiger partial charge < -0.3 is 9.80 Å². The third-order valence-electron chi connectivity index (χ3n) is 4.41. The van der Waals surface area contributed by atoms with Crippen molar-refractivity contribution in [3.63, 3.8) is 0 Å². The number of rotatable bonds is 5. The highest BCUT2D eigenvalue weighted by Gasteiger charge is 2.57. The first-order valence-corrected chi connectivity index (χ1v) is 6.79. The van der Waals surface area contributed by atoms with Crippen LogP contribution in [-0.2, 0) is 4.79 Å². The van der Waals surface area contributed by atoms with Gasteiger partial charge in [0, 0.05) is 19.1 Å². The van der Waals surface area contributed by atoms with Gasteiger partial charge >= 0.3 is 0 Å². The lowest BCUT2D eigenvalue weighted by Gasteiger charge is -2.28. The van der Waals surface area contributed by atoms with Crippen LogP contribution in [0.3, 0.4) is 0 Å². The van der Waals surface area contributed by atoms with Crippen LogP contribution in [0.1, 0.15) is 40.0 Å². The minimum atomic E-state index is -0.158. The fourth-order valence-electron chi connectivity index (χ4n) is 2.57. The molecule has 1 aliphatic carbocycles. The first-order chi connectivity index (χ1) is 8.00. The lowest BCUT2D eigenvalue weighted by molar-refractivity contribution is -0.130. The predicted octanol–water partition coefficient (Wildman–Crippen LogP) is 1.03. The van der Waals surface area contributed by atoms with Crippen LogP contribution in [0.5, 0.6) is 0 Å². The van der Waals surface area contributed by atoms with Crippen molar-refractivity contribution in [2.45, 2.75) is 57.8 Å². The Hall–Kier alpha value is -0.610. The van der Waals surface area contributed by atoms with Gasteiger partial charge in [0.1, 0.15) is 0 Å². The quantitative estimate of drug-likeness (QED) is 0.778. The number of carbonyl (C=O) groups is 1. The Kier molecular flexibility index (Phi) is 3.46. The number of carbonyl (C=O) groups excluding carboxylic acids is 1. The average Bonchev–Trinajstić information content (AvgIpc) is 3.03. The van der Waals surface area contributed by atoms with E-state index in [1.54, 1.807) is 0 Å². The maximum atomic E-state index is 12.2. The zero-order valence-electron chi connectivity index (χ0n) is 11.5. The topological polar surface area (TPSA) is 35.6 Å². The molecule has 1 aliphatic heterocycles. The molecule has 0 bridgehead atoms. The van der Waals surface area contributed by atoms with Gasteiger partial charge in [-0.1, -0.05) is 6.92 Å². The maximum absolute atomic E-state index is 12.2. The van der Waals surface area contributed by atoms with Crippen LogP contribution in [0.15, 0.2) is 0 Å². The van der Waals surface area contributed by atoms with Gasteiger partial charge in [0.2, 0.25) is 5.91 Å². The van der Waals surface area contributed by atoms with E-state index in [0.717, 1.165) is 32.4 Å². The van der Waals surface area contributed by atoms with Gasteiger partial charge in [0.05, 0.1) is 11.7 Å². The summed E-state index contributed by atoms with van der Waals surface area (Å²) in [6.45, 7) is 8.33. The molecule has 0 aromatic rings. The number of likely N-dealkylation sites (N-methyl/N-ethyl adjacent to an activating group) is 1. The number of hydrogen-bond acceptors (Lipinski definition) is 3. The molecule has 1 saturated heterocycles. The molecule has 1 N–H and O–H groups in total. The summed E-state index contributed by atoms with van der Waals surface area (Å²) in [6, 6.07) is 0.589. The van der Waals surface area contributed by atoms with Crippen LogP contribution in [-0.4, -0.2) is 53.6 Å². The number of nitrogens with zero attached hydrogens (tertiary/aromatic N) is 2. The van der Waals surface area contributed by atoms with Gasteiger partial charge in [-0.15, -0.1) is 0 Å². The SMILES string of the molecule is CCC(C)N(C)CCN1C(=O)C2(CC2)NC1C. The van der Waals surface area contributed by atoms with Gasteiger partial charge in [0.15, 0.2) is 0 Å². The van der Waals surface area contributed by atoms with Crippen LogP contribution in [0, 0.1) is 0 Å². The molecule has 1 saturated carbocycles. The highest BCUT2D eigenvalue weighted by Crippen LogP contribution is 2.41. The first-order valence-electron chi connectivity index (χ1n) is 6.79. The summed E-state index contributed by atoms with van der Waals surface area (Å²) in [4.78, 5) is 16.5. The molecule has 4 heteroatoms. The lowest BCUT2D eigenvalue weighted by Crippen LogP contribution is -2.42. The smallest absolute Gasteiger partial charge is 0.244 e. The Bertz CT molecular complexity index is 301. The van der Waals surface area contributed by atoms with Gasteiger partial charge in [-0.3, -0.25) is 10.1 Å². The molecule has 2 atom stereocenters. The van der Waals surface area contributed by atoms with Crippen LogP contribution >= 0.6 is 0 Å². The van der Waals surface area contributed by atoms with E-state index in [9.17, 15) is 4.79 Å². The normalized spacial score (nSPS) is 28.2. The van der Waals surface area contributed by atoms with E-state index < -0.39 is 0 Å². The van der Waals surface area contributed by atoms with Crippen molar-refractivity contribution in [2.75, 3.05) is 20.1 Å². The van der Waals surface area contributed by atoms with Gasteiger partial charge in [-0.25, -0.2) is 0 Å². The molecule has 2 aliphatic rings.